The standard InChI is InChI=1S/C6H10O4/c1-5(3-7)2-6(9)10-4-8/h4-5,7H,2-3H2,1H3. The maximum absolute atomic E-state index is 10.4. The van der Waals surface area contributed by atoms with Crippen LogP contribution in [0.25, 0.3) is 0 Å². The Morgan fingerprint density at radius 3 is 2.80 bits per heavy atom. The number of ether oxygens (including phenoxy) is 1. The van der Waals surface area contributed by atoms with E-state index in [1.165, 1.54) is 0 Å². The summed E-state index contributed by atoms with van der Waals surface area (Å²) in [5, 5.41) is 8.46. The molecule has 0 fully saturated rings. The fraction of sp³-hybridized carbons (Fsp3) is 0.667. The molecule has 4 nitrogen and oxygen atoms in total. The van der Waals surface area contributed by atoms with E-state index in [0.29, 0.717) is 0 Å². The first-order valence-corrected chi connectivity index (χ1v) is 2.94. The smallest absolute Gasteiger partial charge is 0.313 e. The van der Waals surface area contributed by atoms with Crippen LogP contribution in [0.2, 0.25) is 0 Å². The number of carbonyl (C=O) groups is 2. The summed E-state index contributed by atoms with van der Waals surface area (Å²) in [6.45, 7) is 1.70. The van der Waals surface area contributed by atoms with E-state index in [0.717, 1.165) is 0 Å². The average Bonchev–Trinajstić information content (AvgIpc) is 1.88. The highest BCUT2D eigenvalue weighted by Gasteiger charge is 2.07. The van der Waals surface area contributed by atoms with E-state index in [1.807, 2.05) is 0 Å². The van der Waals surface area contributed by atoms with Crippen molar-refractivity contribution in [2.75, 3.05) is 6.61 Å². The van der Waals surface area contributed by atoms with Crippen molar-refractivity contribution in [3.63, 3.8) is 0 Å². The summed E-state index contributed by atoms with van der Waals surface area (Å²) in [5.74, 6) is -0.746. The first-order valence-electron chi connectivity index (χ1n) is 2.94. The van der Waals surface area contributed by atoms with Crippen LogP contribution in [-0.2, 0) is 14.3 Å². The molecule has 0 aromatic heterocycles. The van der Waals surface area contributed by atoms with Crippen molar-refractivity contribution >= 4 is 12.4 Å². The lowest BCUT2D eigenvalue weighted by Crippen LogP contribution is -2.10. The van der Waals surface area contributed by atoms with Gasteiger partial charge < -0.3 is 9.84 Å². The Balaban J connectivity index is 3.46. The summed E-state index contributed by atoms with van der Waals surface area (Å²) in [5.41, 5.74) is 0. The molecule has 1 N–H and O–H groups in total. The van der Waals surface area contributed by atoms with Gasteiger partial charge in [0.05, 0.1) is 6.42 Å². The molecule has 0 heterocycles. The third kappa shape index (κ3) is 4.03. The Bertz CT molecular complexity index is 121. The minimum atomic E-state index is -0.600. The van der Waals surface area contributed by atoms with Gasteiger partial charge in [-0.25, -0.2) is 0 Å². The second-order valence-corrected chi connectivity index (χ2v) is 2.08. The van der Waals surface area contributed by atoms with Gasteiger partial charge in [-0.1, -0.05) is 6.92 Å². The quantitative estimate of drug-likeness (QED) is 0.336. The first-order chi connectivity index (χ1) is 4.70. The molecule has 0 aliphatic heterocycles. The van der Waals surface area contributed by atoms with Gasteiger partial charge in [-0.05, 0) is 5.92 Å². The number of aliphatic hydroxyl groups is 1. The number of hydrogen-bond acceptors (Lipinski definition) is 4. The lowest BCUT2D eigenvalue weighted by atomic mass is 10.1. The summed E-state index contributed by atoms with van der Waals surface area (Å²) in [7, 11) is 0. The highest BCUT2D eigenvalue weighted by molar-refractivity contribution is 5.76. The number of rotatable bonds is 4. The Morgan fingerprint density at radius 2 is 2.40 bits per heavy atom. The predicted molar refractivity (Wildman–Crippen MR) is 33.0 cm³/mol. The van der Waals surface area contributed by atoms with Crippen LogP contribution in [0, 0.1) is 5.92 Å². The molecule has 0 saturated carbocycles. The summed E-state index contributed by atoms with van der Waals surface area (Å²) in [4.78, 5) is 20.0. The van der Waals surface area contributed by atoms with Crippen LogP contribution >= 0.6 is 0 Å². The van der Waals surface area contributed by atoms with Gasteiger partial charge in [0.15, 0.2) is 0 Å². The Morgan fingerprint density at radius 1 is 1.80 bits per heavy atom. The highest BCUT2D eigenvalue weighted by Crippen LogP contribution is 2.00. The molecule has 10 heavy (non-hydrogen) atoms. The van der Waals surface area contributed by atoms with Gasteiger partial charge in [-0.2, -0.15) is 0 Å². The van der Waals surface area contributed by atoms with Crippen molar-refractivity contribution in [1.82, 2.24) is 0 Å². The van der Waals surface area contributed by atoms with Crippen LogP contribution < -0.4 is 0 Å². The van der Waals surface area contributed by atoms with Crippen LogP contribution in [0.15, 0.2) is 0 Å². The summed E-state index contributed by atoms with van der Waals surface area (Å²) in [6, 6.07) is 0. The molecule has 0 saturated heterocycles. The van der Waals surface area contributed by atoms with Crippen molar-refractivity contribution in [3.8, 4) is 0 Å². The van der Waals surface area contributed by atoms with Gasteiger partial charge in [0.2, 0.25) is 0 Å². The molecule has 58 valence electrons. The van der Waals surface area contributed by atoms with E-state index >= 15 is 0 Å². The minimum Gasteiger partial charge on any atom is -0.396 e. The Labute approximate surface area is 58.8 Å². The van der Waals surface area contributed by atoms with Crippen molar-refractivity contribution in [2.24, 2.45) is 5.92 Å². The topological polar surface area (TPSA) is 63.6 Å². The van der Waals surface area contributed by atoms with E-state index < -0.39 is 5.97 Å². The Kier molecular flexibility index (Phi) is 4.49. The highest BCUT2D eigenvalue weighted by atomic mass is 16.6. The van der Waals surface area contributed by atoms with E-state index in [2.05, 4.69) is 4.74 Å². The summed E-state index contributed by atoms with van der Waals surface area (Å²) >= 11 is 0. The molecule has 1 atom stereocenters. The second kappa shape index (κ2) is 4.93. The molecule has 0 aliphatic carbocycles. The third-order valence-electron chi connectivity index (χ3n) is 1.01. The van der Waals surface area contributed by atoms with Gasteiger partial charge in [-0.15, -0.1) is 0 Å². The molecule has 0 radical (unpaired) electrons. The Hall–Kier alpha value is -0.900. The van der Waals surface area contributed by atoms with Crippen molar-refractivity contribution < 1.29 is 19.4 Å². The van der Waals surface area contributed by atoms with Gasteiger partial charge in [0.1, 0.15) is 0 Å². The molecule has 0 rings (SSSR count). The lowest BCUT2D eigenvalue weighted by Gasteiger charge is -2.02. The lowest BCUT2D eigenvalue weighted by molar-refractivity contribution is -0.152. The molecule has 1 unspecified atom stereocenters. The van der Waals surface area contributed by atoms with E-state index in [4.69, 9.17) is 5.11 Å². The van der Waals surface area contributed by atoms with Gasteiger partial charge in [0, 0.05) is 6.61 Å². The monoisotopic (exact) mass is 146 g/mol. The molecule has 0 amide bonds. The minimum absolute atomic E-state index is 0.0754. The van der Waals surface area contributed by atoms with E-state index in [9.17, 15) is 9.59 Å². The predicted octanol–water partition coefficient (Wildman–Crippen LogP) is -0.296. The maximum atomic E-state index is 10.4. The van der Waals surface area contributed by atoms with Gasteiger partial charge >= 0.3 is 12.4 Å². The zero-order chi connectivity index (χ0) is 7.98. The molecular weight excluding hydrogens is 136 g/mol. The van der Waals surface area contributed by atoms with Crippen LogP contribution in [0.4, 0.5) is 0 Å². The normalized spacial score (nSPS) is 12.2. The van der Waals surface area contributed by atoms with Crippen LogP contribution in [0.3, 0.4) is 0 Å². The van der Waals surface area contributed by atoms with E-state index in [1.54, 1.807) is 6.92 Å². The zero-order valence-corrected chi connectivity index (χ0v) is 5.74. The molecule has 0 aromatic carbocycles. The first kappa shape index (κ1) is 9.10. The average molecular weight is 146 g/mol. The molecule has 0 aliphatic rings. The molecule has 0 aromatic rings. The molecule has 4 heteroatoms. The van der Waals surface area contributed by atoms with Crippen molar-refractivity contribution in [3.05, 3.63) is 0 Å². The summed E-state index contributed by atoms with van der Waals surface area (Å²) in [6.07, 6.45) is 0.0786. The van der Waals surface area contributed by atoms with E-state index in [-0.39, 0.29) is 25.4 Å². The largest absolute Gasteiger partial charge is 0.396 e. The number of carbonyl (C=O) groups excluding carboxylic acids is 2. The third-order valence-corrected chi connectivity index (χ3v) is 1.01. The number of hydrogen-bond donors (Lipinski definition) is 1. The zero-order valence-electron chi connectivity index (χ0n) is 5.74. The molecular formula is C6H10O4. The van der Waals surface area contributed by atoms with Gasteiger partial charge in [0.25, 0.3) is 0 Å². The molecule has 0 bridgehead atoms. The SMILES string of the molecule is CC(CO)CC(=O)OC=O. The maximum Gasteiger partial charge on any atom is 0.313 e. The van der Waals surface area contributed by atoms with Crippen LogP contribution in [0.5, 0.6) is 0 Å². The van der Waals surface area contributed by atoms with Gasteiger partial charge in [-0.3, -0.25) is 9.59 Å². The number of aliphatic hydroxyl groups excluding tert-OH is 1. The fourth-order valence-corrected chi connectivity index (χ4v) is 0.451. The van der Waals surface area contributed by atoms with Crippen LogP contribution in [-0.4, -0.2) is 24.2 Å². The summed E-state index contributed by atoms with van der Waals surface area (Å²) < 4.78 is 3.98. The molecule has 0 spiro atoms. The second-order valence-electron chi connectivity index (χ2n) is 2.08. The fourth-order valence-electron chi connectivity index (χ4n) is 0.451. The van der Waals surface area contributed by atoms with Crippen molar-refractivity contribution in [2.45, 2.75) is 13.3 Å². The van der Waals surface area contributed by atoms with Crippen molar-refractivity contribution in [1.29, 1.82) is 0 Å². The van der Waals surface area contributed by atoms with Crippen LogP contribution in [0.1, 0.15) is 13.3 Å². The number of esters is 1.